The number of hydrogen-bond acceptors (Lipinski definition) is 6. The summed E-state index contributed by atoms with van der Waals surface area (Å²) in [4.78, 5) is 6.49. The average Bonchev–Trinajstić information content (AvgIpc) is 3.21. The summed E-state index contributed by atoms with van der Waals surface area (Å²) in [6.07, 6.45) is 6.32. The van der Waals surface area contributed by atoms with Crippen LogP contribution >= 0.6 is 0 Å². The minimum Gasteiger partial charge on any atom is -0.490 e. The lowest BCUT2D eigenvalue weighted by Crippen LogP contribution is -2.38. The fraction of sp³-hybridized carbons (Fsp3) is 0.389. The summed E-state index contributed by atoms with van der Waals surface area (Å²) in [5.41, 5.74) is 2.15. The molecule has 0 bridgehead atoms. The van der Waals surface area contributed by atoms with Gasteiger partial charge in [0.15, 0.2) is 0 Å². The van der Waals surface area contributed by atoms with Gasteiger partial charge >= 0.3 is 0 Å². The molecule has 7 heteroatoms. The summed E-state index contributed by atoms with van der Waals surface area (Å²) in [5, 5.41) is 8.57. The zero-order valence-corrected chi connectivity index (χ0v) is 14.2. The van der Waals surface area contributed by atoms with Gasteiger partial charge in [-0.3, -0.25) is 14.6 Å². The Bertz CT molecular complexity index is 814. The van der Waals surface area contributed by atoms with Crippen molar-refractivity contribution in [2.45, 2.75) is 39.0 Å². The SMILES string of the molecule is Cc1cc(CN2Cc3ccnn3CC[C@H]2COc2cccnc2)no1. The van der Waals surface area contributed by atoms with Crippen molar-refractivity contribution in [2.24, 2.45) is 0 Å². The molecule has 1 aliphatic heterocycles. The molecular formula is C18H21N5O2. The lowest BCUT2D eigenvalue weighted by molar-refractivity contribution is 0.115. The van der Waals surface area contributed by atoms with Gasteiger partial charge in [0.05, 0.1) is 17.6 Å². The maximum absolute atomic E-state index is 5.97. The van der Waals surface area contributed by atoms with Crippen molar-refractivity contribution in [3.05, 3.63) is 60.0 Å². The highest BCUT2D eigenvalue weighted by Crippen LogP contribution is 2.21. The Hall–Kier alpha value is -2.67. The summed E-state index contributed by atoms with van der Waals surface area (Å²) in [7, 11) is 0. The van der Waals surface area contributed by atoms with E-state index in [1.165, 1.54) is 5.69 Å². The van der Waals surface area contributed by atoms with Gasteiger partial charge in [-0.05, 0) is 31.5 Å². The summed E-state index contributed by atoms with van der Waals surface area (Å²) in [5.74, 6) is 1.62. The third-order valence-electron chi connectivity index (χ3n) is 4.48. The highest BCUT2D eigenvalue weighted by Gasteiger charge is 2.25. The number of aryl methyl sites for hydroxylation is 2. The maximum Gasteiger partial charge on any atom is 0.137 e. The van der Waals surface area contributed by atoms with Gasteiger partial charge in [0, 0.05) is 44.1 Å². The summed E-state index contributed by atoms with van der Waals surface area (Å²) >= 11 is 0. The maximum atomic E-state index is 5.97. The standard InChI is InChI=1S/C18H21N5O2/c1-14-9-15(21-25-14)11-22-12-16-4-7-20-23(16)8-5-17(22)13-24-18-3-2-6-19-10-18/h2-4,6-7,9-10,17H,5,8,11-13H2,1H3/t17-/m0/s1. The molecule has 4 rings (SSSR count). The molecule has 1 aliphatic rings. The van der Waals surface area contributed by atoms with Gasteiger partial charge in [0.1, 0.15) is 18.1 Å². The Morgan fingerprint density at radius 1 is 1.32 bits per heavy atom. The molecule has 0 amide bonds. The van der Waals surface area contributed by atoms with Crippen LogP contribution in [0.1, 0.15) is 23.6 Å². The zero-order valence-electron chi connectivity index (χ0n) is 14.2. The van der Waals surface area contributed by atoms with Crippen molar-refractivity contribution >= 4 is 0 Å². The van der Waals surface area contributed by atoms with E-state index in [0.29, 0.717) is 6.61 Å². The normalized spacial score (nSPS) is 17.9. The van der Waals surface area contributed by atoms with Gasteiger partial charge in [-0.15, -0.1) is 0 Å². The number of fused-ring (bicyclic) bond motifs is 1. The van der Waals surface area contributed by atoms with Gasteiger partial charge < -0.3 is 9.26 Å². The molecule has 4 heterocycles. The Morgan fingerprint density at radius 2 is 2.28 bits per heavy atom. The van der Waals surface area contributed by atoms with Crippen LogP contribution in [0, 0.1) is 6.92 Å². The molecule has 1 atom stereocenters. The Balaban J connectivity index is 1.50. The van der Waals surface area contributed by atoms with Crippen molar-refractivity contribution in [2.75, 3.05) is 6.61 Å². The quantitative estimate of drug-likeness (QED) is 0.711. The smallest absolute Gasteiger partial charge is 0.137 e. The van der Waals surface area contributed by atoms with Crippen molar-refractivity contribution in [3.8, 4) is 5.75 Å². The number of rotatable bonds is 5. The van der Waals surface area contributed by atoms with Crippen molar-refractivity contribution in [1.82, 2.24) is 24.8 Å². The highest BCUT2D eigenvalue weighted by atomic mass is 16.5. The third-order valence-corrected chi connectivity index (χ3v) is 4.48. The van der Waals surface area contributed by atoms with E-state index in [2.05, 4.69) is 30.9 Å². The summed E-state index contributed by atoms with van der Waals surface area (Å²) < 4.78 is 13.3. The predicted molar refractivity (Wildman–Crippen MR) is 90.9 cm³/mol. The van der Waals surface area contributed by atoms with Crippen molar-refractivity contribution < 1.29 is 9.26 Å². The predicted octanol–water partition coefficient (Wildman–Crippen LogP) is 2.43. The molecule has 25 heavy (non-hydrogen) atoms. The molecule has 0 aromatic carbocycles. The number of nitrogens with zero attached hydrogens (tertiary/aromatic N) is 5. The van der Waals surface area contributed by atoms with E-state index in [0.717, 1.165) is 43.3 Å². The van der Waals surface area contributed by atoms with Gasteiger partial charge in [-0.25, -0.2) is 0 Å². The van der Waals surface area contributed by atoms with Crippen molar-refractivity contribution in [1.29, 1.82) is 0 Å². The molecule has 0 radical (unpaired) electrons. The minimum absolute atomic E-state index is 0.263. The van der Waals surface area contributed by atoms with Crippen LogP contribution in [0.2, 0.25) is 0 Å². The second kappa shape index (κ2) is 7.06. The molecule has 0 fully saturated rings. The molecule has 3 aromatic heterocycles. The lowest BCUT2D eigenvalue weighted by atomic mass is 10.1. The van der Waals surface area contributed by atoms with E-state index in [1.807, 2.05) is 31.3 Å². The first-order chi connectivity index (χ1) is 12.3. The number of pyridine rings is 1. The average molecular weight is 339 g/mol. The van der Waals surface area contributed by atoms with Gasteiger partial charge in [0.25, 0.3) is 0 Å². The van der Waals surface area contributed by atoms with E-state index in [-0.39, 0.29) is 6.04 Å². The van der Waals surface area contributed by atoms with Crippen LogP contribution in [0.25, 0.3) is 0 Å². The monoisotopic (exact) mass is 339 g/mol. The fourth-order valence-corrected chi connectivity index (χ4v) is 3.19. The van der Waals surface area contributed by atoms with Crippen LogP contribution in [-0.4, -0.2) is 37.5 Å². The van der Waals surface area contributed by atoms with Gasteiger partial charge in [-0.2, -0.15) is 5.10 Å². The van der Waals surface area contributed by atoms with Crippen LogP contribution in [0.4, 0.5) is 0 Å². The second-order valence-electron chi connectivity index (χ2n) is 6.32. The van der Waals surface area contributed by atoms with E-state index in [1.54, 1.807) is 12.4 Å². The molecule has 0 saturated heterocycles. The topological polar surface area (TPSA) is 69.2 Å². The molecule has 0 unspecified atom stereocenters. The fourth-order valence-electron chi connectivity index (χ4n) is 3.19. The highest BCUT2D eigenvalue weighted by molar-refractivity contribution is 5.15. The molecule has 7 nitrogen and oxygen atoms in total. The van der Waals surface area contributed by atoms with E-state index in [4.69, 9.17) is 9.26 Å². The van der Waals surface area contributed by atoms with E-state index < -0.39 is 0 Å². The molecule has 130 valence electrons. The van der Waals surface area contributed by atoms with Gasteiger partial charge in [-0.1, -0.05) is 5.16 Å². The zero-order chi connectivity index (χ0) is 17.1. The molecule has 0 aliphatic carbocycles. The minimum atomic E-state index is 0.263. The van der Waals surface area contributed by atoms with Crippen LogP contribution in [0.15, 0.2) is 47.4 Å². The van der Waals surface area contributed by atoms with E-state index in [9.17, 15) is 0 Å². The molecule has 0 N–H and O–H groups in total. The van der Waals surface area contributed by atoms with Crippen LogP contribution < -0.4 is 4.74 Å². The Kier molecular flexibility index (Phi) is 4.47. The van der Waals surface area contributed by atoms with Gasteiger partial charge in [0.2, 0.25) is 0 Å². The number of aromatic nitrogens is 4. The first kappa shape index (κ1) is 15.8. The molecular weight excluding hydrogens is 318 g/mol. The van der Waals surface area contributed by atoms with Crippen molar-refractivity contribution in [3.63, 3.8) is 0 Å². The van der Waals surface area contributed by atoms with Crippen LogP contribution in [0.3, 0.4) is 0 Å². The first-order valence-electron chi connectivity index (χ1n) is 8.48. The molecule has 0 spiro atoms. The van der Waals surface area contributed by atoms with Crippen LogP contribution in [0.5, 0.6) is 5.75 Å². The first-order valence-corrected chi connectivity index (χ1v) is 8.48. The lowest BCUT2D eigenvalue weighted by Gasteiger charge is -2.28. The Morgan fingerprint density at radius 3 is 3.08 bits per heavy atom. The number of hydrogen-bond donors (Lipinski definition) is 0. The Labute approximate surface area is 146 Å². The second-order valence-corrected chi connectivity index (χ2v) is 6.32. The van der Waals surface area contributed by atoms with Crippen LogP contribution in [-0.2, 0) is 19.6 Å². The van der Waals surface area contributed by atoms with E-state index >= 15 is 0 Å². The number of ether oxygens (including phenoxy) is 1. The summed E-state index contributed by atoms with van der Waals surface area (Å²) in [6, 6.07) is 8.14. The summed E-state index contributed by atoms with van der Waals surface area (Å²) in [6.45, 7) is 4.94. The molecule has 3 aromatic rings. The third kappa shape index (κ3) is 3.71. The largest absolute Gasteiger partial charge is 0.490 e. The molecule has 0 saturated carbocycles.